The molecule has 0 radical (unpaired) electrons. The molecule has 0 saturated carbocycles. The standard InChI is InChI=1S/C19H15N5O3S/c20-18(25)17(12-5-1-3-11-4-2-9-21-16(11)12)24-10-8-13(22-24)14-6-7-15(28-14)19(26)23-27/h1-10,17,27H,(H2,20,25)(H,23,26). The lowest BCUT2D eigenvalue weighted by Gasteiger charge is -2.16. The lowest BCUT2D eigenvalue weighted by Crippen LogP contribution is -2.28. The number of pyridine rings is 1. The minimum absolute atomic E-state index is 0.344. The number of aromatic nitrogens is 3. The van der Waals surface area contributed by atoms with Crippen LogP contribution >= 0.6 is 11.3 Å². The lowest BCUT2D eigenvalue weighted by atomic mass is 10.0. The van der Waals surface area contributed by atoms with Crippen molar-refractivity contribution in [3.05, 3.63) is 71.4 Å². The van der Waals surface area contributed by atoms with E-state index in [1.165, 1.54) is 16.0 Å². The van der Waals surface area contributed by atoms with E-state index in [9.17, 15) is 9.59 Å². The zero-order valence-electron chi connectivity index (χ0n) is 14.4. The zero-order chi connectivity index (χ0) is 19.7. The zero-order valence-corrected chi connectivity index (χ0v) is 15.3. The molecule has 0 aliphatic heterocycles. The number of nitrogens with one attached hydrogen (secondary N) is 1. The van der Waals surface area contributed by atoms with Gasteiger partial charge in [0.1, 0.15) is 5.69 Å². The molecule has 0 bridgehead atoms. The number of hydroxylamine groups is 1. The van der Waals surface area contributed by atoms with Crippen molar-refractivity contribution in [2.45, 2.75) is 6.04 Å². The van der Waals surface area contributed by atoms with E-state index in [0.717, 1.165) is 10.3 Å². The maximum Gasteiger partial charge on any atom is 0.284 e. The van der Waals surface area contributed by atoms with Crippen LogP contribution in [0.4, 0.5) is 0 Å². The van der Waals surface area contributed by atoms with Gasteiger partial charge in [-0.2, -0.15) is 5.10 Å². The van der Waals surface area contributed by atoms with Gasteiger partial charge in [-0.25, -0.2) is 5.48 Å². The van der Waals surface area contributed by atoms with Gasteiger partial charge in [0.25, 0.3) is 5.91 Å². The molecule has 0 saturated heterocycles. The second-order valence-electron chi connectivity index (χ2n) is 6.01. The molecule has 3 heterocycles. The smallest absolute Gasteiger partial charge is 0.284 e. The van der Waals surface area contributed by atoms with E-state index in [4.69, 9.17) is 10.9 Å². The van der Waals surface area contributed by atoms with Crippen LogP contribution in [-0.4, -0.2) is 31.8 Å². The number of amides is 2. The Morgan fingerprint density at radius 3 is 2.75 bits per heavy atom. The number of hydrogen-bond donors (Lipinski definition) is 3. The SMILES string of the molecule is NC(=O)C(c1cccc2cccnc12)n1ccc(-c2ccc(C(=O)NO)s2)n1. The molecule has 0 fully saturated rings. The van der Waals surface area contributed by atoms with Crippen LogP contribution in [0.5, 0.6) is 0 Å². The van der Waals surface area contributed by atoms with Crippen molar-refractivity contribution in [3.8, 4) is 10.6 Å². The third kappa shape index (κ3) is 3.13. The molecule has 3 aromatic heterocycles. The molecule has 0 aliphatic carbocycles. The molecular formula is C19H15N5O3S. The molecule has 4 N–H and O–H groups in total. The minimum atomic E-state index is -0.826. The van der Waals surface area contributed by atoms with Gasteiger partial charge in [-0.1, -0.05) is 24.3 Å². The summed E-state index contributed by atoms with van der Waals surface area (Å²) in [7, 11) is 0. The van der Waals surface area contributed by atoms with Gasteiger partial charge >= 0.3 is 0 Å². The Morgan fingerprint density at radius 1 is 1.14 bits per heavy atom. The van der Waals surface area contributed by atoms with Crippen molar-refractivity contribution < 1.29 is 14.8 Å². The first-order chi connectivity index (χ1) is 13.6. The van der Waals surface area contributed by atoms with Crippen LogP contribution in [0.15, 0.2) is 60.9 Å². The summed E-state index contributed by atoms with van der Waals surface area (Å²) in [4.78, 5) is 29.3. The average Bonchev–Trinajstić information content (AvgIpc) is 3.37. The number of carbonyl (C=O) groups is 2. The van der Waals surface area contributed by atoms with Crippen molar-refractivity contribution in [1.82, 2.24) is 20.2 Å². The van der Waals surface area contributed by atoms with Gasteiger partial charge in [-0.05, 0) is 24.3 Å². The van der Waals surface area contributed by atoms with E-state index in [1.807, 2.05) is 24.3 Å². The fourth-order valence-corrected chi connectivity index (χ4v) is 3.90. The molecule has 4 rings (SSSR count). The number of fused-ring (bicyclic) bond motifs is 1. The van der Waals surface area contributed by atoms with E-state index >= 15 is 0 Å². The van der Waals surface area contributed by atoms with Crippen LogP contribution < -0.4 is 11.2 Å². The molecule has 8 nitrogen and oxygen atoms in total. The summed E-state index contributed by atoms with van der Waals surface area (Å²) in [6, 6.07) is 13.5. The van der Waals surface area contributed by atoms with E-state index in [1.54, 1.807) is 42.1 Å². The average molecular weight is 393 g/mol. The fourth-order valence-electron chi connectivity index (χ4n) is 3.04. The van der Waals surface area contributed by atoms with Gasteiger partial charge in [0.2, 0.25) is 5.91 Å². The molecule has 1 atom stereocenters. The van der Waals surface area contributed by atoms with Crippen molar-refractivity contribution in [1.29, 1.82) is 0 Å². The second-order valence-corrected chi connectivity index (χ2v) is 7.10. The van der Waals surface area contributed by atoms with E-state index in [0.29, 0.717) is 21.7 Å². The number of rotatable bonds is 5. The first-order valence-corrected chi connectivity index (χ1v) is 9.13. The van der Waals surface area contributed by atoms with Crippen molar-refractivity contribution in [3.63, 3.8) is 0 Å². The van der Waals surface area contributed by atoms with Crippen molar-refractivity contribution in [2.24, 2.45) is 5.73 Å². The topological polar surface area (TPSA) is 123 Å². The summed E-state index contributed by atoms with van der Waals surface area (Å²) in [6.45, 7) is 0. The Kier molecular flexibility index (Phi) is 4.60. The van der Waals surface area contributed by atoms with Crippen molar-refractivity contribution in [2.75, 3.05) is 0 Å². The first-order valence-electron chi connectivity index (χ1n) is 8.31. The maximum absolute atomic E-state index is 12.3. The molecule has 28 heavy (non-hydrogen) atoms. The fraction of sp³-hybridized carbons (Fsp3) is 0.0526. The maximum atomic E-state index is 12.3. The highest BCUT2D eigenvalue weighted by molar-refractivity contribution is 7.17. The number of hydrogen-bond acceptors (Lipinski definition) is 6. The van der Waals surface area contributed by atoms with Gasteiger partial charge in [-0.15, -0.1) is 11.3 Å². The molecule has 1 unspecified atom stereocenters. The molecule has 0 spiro atoms. The van der Waals surface area contributed by atoms with E-state index in [2.05, 4.69) is 10.1 Å². The Morgan fingerprint density at radius 2 is 1.96 bits per heavy atom. The number of primary amides is 1. The molecule has 4 aromatic rings. The quantitative estimate of drug-likeness (QED) is 0.355. The van der Waals surface area contributed by atoms with Gasteiger partial charge in [0, 0.05) is 23.3 Å². The normalized spacial score (nSPS) is 12.0. The highest BCUT2D eigenvalue weighted by Crippen LogP contribution is 2.29. The summed E-state index contributed by atoms with van der Waals surface area (Å²) >= 11 is 1.17. The lowest BCUT2D eigenvalue weighted by molar-refractivity contribution is -0.120. The highest BCUT2D eigenvalue weighted by Gasteiger charge is 2.24. The Labute approximate surface area is 163 Å². The Hall–Kier alpha value is -3.56. The van der Waals surface area contributed by atoms with Gasteiger partial charge in [0.15, 0.2) is 6.04 Å². The summed E-state index contributed by atoms with van der Waals surface area (Å²) < 4.78 is 1.49. The second kappa shape index (κ2) is 7.22. The van der Waals surface area contributed by atoms with Crippen molar-refractivity contribution >= 4 is 34.1 Å². The van der Waals surface area contributed by atoms with Crippen LogP contribution in [0.2, 0.25) is 0 Å². The molecule has 9 heteroatoms. The van der Waals surface area contributed by atoms with Crippen LogP contribution in [0.1, 0.15) is 21.3 Å². The molecule has 140 valence electrons. The number of thiophene rings is 1. The molecule has 1 aromatic carbocycles. The summed E-state index contributed by atoms with van der Waals surface area (Å²) in [5, 5.41) is 14.1. The summed E-state index contributed by atoms with van der Waals surface area (Å²) in [6.07, 6.45) is 3.33. The number of nitrogens with zero attached hydrogens (tertiary/aromatic N) is 3. The Balaban J connectivity index is 1.75. The summed E-state index contributed by atoms with van der Waals surface area (Å²) in [5.41, 5.74) is 9.22. The molecule has 2 amide bonds. The van der Waals surface area contributed by atoms with Crippen LogP contribution in [0.3, 0.4) is 0 Å². The van der Waals surface area contributed by atoms with Crippen LogP contribution in [-0.2, 0) is 4.79 Å². The predicted molar refractivity (Wildman–Crippen MR) is 104 cm³/mol. The van der Waals surface area contributed by atoms with Gasteiger partial charge in [0.05, 0.1) is 15.3 Å². The van der Waals surface area contributed by atoms with E-state index in [-0.39, 0.29) is 0 Å². The number of para-hydroxylation sites is 1. The Bertz CT molecular complexity index is 1180. The highest BCUT2D eigenvalue weighted by atomic mass is 32.1. The number of carbonyl (C=O) groups excluding carboxylic acids is 2. The monoisotopic (exact) mass is 393 g/mol. The largest absolute Gasteiger partial charge is 0.368 e. The van der Waals surface area contributed by atoms with Gasteiger partial charge in [-0.3, -0.25) is 24.5 Å². The molecule has 0 aliphatic rings. The van der Waals surface area contributed by atoms with Gasteiger partial charge < -0.3 is 5.73 Å². The number of benzene rings is 1. The predicted octanol–water partition coefficient (Wildman–Crippen LogP) is 2.35. The molecular weight excluding hydrogens is 378 g/mol. The first kappa shape index (κ1) is 17.8. The third-order valence-electron chi connectivity index (χ3n) is 4.28. The van der Waals surface area contributed by atoms with Crippen LogP contribution in [0, 0.1) is 0 Å². The third-order valence-corrected chi connectivity index (χ3v) is 5.39. The number of nitrogens with two attached hydrogens (primary N) is 1. The van der Waals surface area contributed by atoms with Crippen LogP contribution in [0.25, 0.3) is 21.5 Å². The van der Waals surface area contributed by atoms with E-state index < -0.39 is 17.9 Å². The minimum Gasteiger partial charge on any atom is -0.368 e. The summed E-state index contributed by atoms with van der Waals surface area (Å²) in [5.74, 6) is -1.15.